The highest BCUT2D eigenvalue weighted by Crippen LogP contribution is 2.29. The second-order valence-corrected chi connectivity index (χ2v) is 15.6. The number of hydrogen-bond acceptors (Lipinski definition) is 9. The maximum atomic E-state index is 14.8. The van der Waals surface area contributed by atoms with Gasteiger partial charge in [-0.25, -0.2) is 0 Å². The minimum absolute atomic E-state index is 0.136. The summed E-state index contributed by atoms with van der Waals surface area (Å²) in [6, 6.07) is 14.4. The smallest absolute Gasteiger partial charge is 0.325 e. The quantitative estimate of drug-likeness (QED) is 0.203. The molecule has 2 aromatic rings. The number of esters is 2. The third kappa shape index (κ3) is 12.4. The Morgan fingerprint density at radius 3 is 1.95 bits per heavy atom. The molecule has 0 spiro atoms. The molecule has 2 N–H and O–H groups in total. The van der Waals surface area contributed by atoms with E-state index in [0.29, 0.717) is 25.7 Å². The second-order valence-electron chi connectivity index (χ2n) is 15.6. The minimum atomic E-state index is -1.17. The van der Waals surface area contributed by atoms with Crippen molar-refractivity contribution in [2.75, 3.05) is 34.3 Å². The molecular weight excluding hydrogens is 730 g/mol. The van der Waals surface area contributed by atoms with Crippen molar-refractivity contribution in [3.63, 3.8) is 0 Å². The van der Waals surface area contributed by atoms with Gasteiger partial charge in [-0.1, -0.05) is 87.9 Å². The summed E-state index contributed by atoms with van der Waals surface area (Å²) < 4.78 is 10.2. The normalized spacial score (nSPS) is 16.1. The number of amides is 5. The molecule has 57 heavy (non-hydrogen) atoms. The molecule has 312 valence electrons. The first-order valence-corrected chi connectivity index (χ1v) is 19.7. The molecule has 5 amide bonds. The van der Waals surface area contributed by atoms with Crippen LogP contribution in [0.2, 0.25) is 0 Å². The topological polar surface area (TPSA) is 172 Å². The summed E-state index contributed by atoms with van der Waals surface area (Å²) in [6.07, 6.45) is 1.55. The Bertz CT molecular complexity index is 1700. The first kappa shape index (κ1) is 46.1. The lowest BCUT2D eigenvalue weighted by atomic mass is 9.82. The number of nitrogens with one attached hydrogen (secondary N) is 2. The molecule has 2 aromatic carbocycles. The molecule has 1 saturated heterocycles. The molecule has 5 atom stereocenters. The number of ether oxygens (including phenoxy) is 2. The first-order chi connectivity index (χ1) is 26.9. The van der Waals surface area contributed by atoms with E-state index in [0.717, 1.165) is 11.1 Å². The number of benzene rings is 2. The van der Waals surface area contributed by atoms with E-state index in [2.05, 4.69) is 15.4 Å². The van der Waals surface area contributed by atoms with Crippen molar-refractivity contribution in [3.05, 3.63) is 71.8 Å². The number of likely N-dealkylation sites (tertiary alicyclic amines) is 1. The number of rotatable bonds is 19. The zero-order valence-corrected chi connectivity index (χ0v) is 34.9. The highest BCUT2D eigenvalue weighted by atomic mass is 16.5. The SMILES string of the molecule is CCC[C@H](OC(C)=O)C(C)(C)C(=O)N[C@H](C(=O)N(C)[C@@H](Cc1ccccc1)C(=O)N1CCC[C@H]1C(=O)N(C)[C@@H](Cc1ccccc1)C(=O)NCC(=O)OC)C(C)C. The minimum Gasteiger partial charge on any atom is -0.468 e. The van der Waals surface area contributed by atoms with Crippen molar-refractivity contribution in [3.8, 4) is 0 Å². The molecular formula is C43H61N5O9. The van der Waals surface area contributed by atoms with Crippen LogP contribution in [-0.4, -0.2) is 121 Å². The summed E-state index contributed by atoms with van der Waals surface area (Å²) in [7, 11) is 4.25. The largest absolute Gasteiger partial charge is 0.468 e. The van der Waals surface area contributed by atoms with Crippen molar-refractivity contribution in [2.45, 2.75) is 110 Å². The van der Waals surface area contributed by atoms with E-state index in [1.165, 1.54) is 42.8 Å². The zero-order chi connectivity index (χ0) is 42.4. The van der Waals surface area contributed by atoms with Gasteiger partial charge in [-0.3, -0.25) is 33.6 Å². The van der Waals surface area contributed by atoms with E-state index < -0.39 is 77.2 Å². The van der Waals surface area contributed by atoms with E-state index in [1.54, 1.807) is 27.7 Å². The van der Waals surface area contributed by atoms with Crippen LogP contribution in [0.1, 0.15) is 78.4 Å². The standard InChI is InChI=1S/C43H61N5O9/c1-10-18-35(57-29(4)49)43(5,6)42(55)45-37(28(2)3)41(54)47(8)34(26-31-21-15-12-16-22-31)40(53)48-24-17-23-32(48)39(52)46(7)33(25-30-19-13-11-14-20-30)38(51)44-27-36(50)56-9/h11-16,19-22,28,32-35,37H,10,17-18,23-27H2,1-9H3,(H,44,51)(H,45,55)/t32-,33-,34-,35-,37-/m0/s1. The molecule has 1 aliphatic heterocycles. The van der Waals surface area contributed by atoms with Gasteiger partial charge in [0.25, 0.3) is 0 Å². The number of carbonyl (C=O) groups excluding carboxylic acids is 7. The lowest BCUT2D eigenvalue weighted by Crippen LogP contribution is -2.60. The zero-order valence-electron chi connectivity index (χ0n) is 34.9. The first-order valence-electron chi connectivity index (χ1n) is 19.7. The van der Waals surface area contributed by atoms with Crippen LogP contribution < -0.4 is 10.6 Å². The molecule has 0 aliphatic carbocycles. The van der Waals surface area contributed by atoms with Gasteiger partial charge in [-0.15, -0.1) is 0 Å². The van der Waals surface area contributed by atoms with Crippen molar-refractivity contribution < 1.29 is 43.0 Å². The molecule has 1 fully saturated rings. The van der Waals surface area contributed by atoms with Crippen LogP contribution in [-0.2, 0) is 55.9 Å². The van der Waals surface area contributed by atoms with E-state index in [-0.39, 0.29) is 31.8 Å². The summed E-state index contributed by atoms with van der Waals surface area (Å²) in [4.78, 5) is 98.9. The third-order valence-corrected chi connectivity index (χ3v) is 10.7. The van der Waals surface area contributed by atoms with Crippen LogP contribution in [0.25, 0.3) is 0 Å². The lowest BCUT2D eigenvalue weighted by molar-refractivity contribution is -0.159. The van der Waals surface area contributed by atoms with Gasteiger partial charge in [0.05, 0.1) is 12.5 Å². The Labute approximate surface area is 337 Å². The van der Waals surface area contributed by atoms with Crippen molar-refractivity contribution in [2.24, 2.45) is 11.3 Å². The summed E-state index contributed by atoms with van der Waals surface area (Å²) in [6.45, 7) is 10.0. The van der Waals surface area contributed by atoms with Gasteiger partial charge in [-0.2, -0.15) is 0 Å². The fourth-order valence-electron chi connectivity index (χ4n) is 7.08. The maximum Gasteiger partial charge on any atom is 0.325 e. The van der Waals surface area contributed by atoms with Crippen molar-refractivity contribution in [1.29, 1.82) is 0 Å². The third-order valence-electron chi connectivity index (χ3n) is 10.7. The molecule has 1 heterocycles. The number of hydrogen-bond donors (Lipinski definition) is 2. The monoisotopic (exact) mass is 791 g/mol. The Hall–Kier alpha value is -5.27. The van der Waals surface area contributed by atoms with Crippen molar-refractivity contribution in [1.82, 2.24) is 25.3 Å². The summed E-state index contributed by atoms with van der Waals surface area (Å²) in [5.74, 6) is -3.94. The summed E-state index contributed by atoms with van der Waals surface area (Å²) in [5.41, 5.74) is 0.409. The predicted molar refractivity (Wildman–Crippen MR) is 214 cm³/mol. The van der Waals surface area contributed by atoms with Crippen molar-refractivity contribution >= 4 is 41.5 Å². The Morgan fingerprint density at radius 2 is 1.44 bits per heavy atom. The van der Waals surface area contributed by atoms with Gasteiger partial charge < -0.3 is 34.8 Å². The molecule has 3 rings (SSSR count). The van der Waals surface area contributed by atoms with E-state index >= 15 is 0 Å². The molecule has 0 bridgehead atoms. The molecule has 0 unspecified atom stereocenters. The Balaban J connectivity index is 1.94. The number of methoxy groups -OCH3 is 1. The number of likely N-dealkylation sites (N-methyl/N-ethyl adjacent to an activating group) is 2. The Kier molecular flexibility index (Phi) is 17.2. The Morgan fingerprint density at radius 1 is 0.877 bits per heavy atom. The summed E-state index contributed by atoms with van der Waals surface area (Å²) in [5, 5.41) is 5.47. The van der Waals surface area contributed by atoms with Gasteiger partial charge in [0.2, 0.25) is 29.5 Å². The lowest BCUT2D eigenvalue weighted by Gasteiger charge is -2.38. The highest BCUT2D eigenvalue weighted by Gasteiger charge is 2.45. The number of nitrogens with zero attached hydrogens (tertiary/aromatic N) is 3. The average molecular weight is 792 g/mol. The van der Waals surface area contributed by atoms with E-state index in [1.807, 2.05) is 67.6 Å². The molecule has 14 heteroatoms. The fraction of sp³-hybridized carbons (Fsp3) is 0.558. The highest BCUT2D eigenvalue weighted by molar-refractivity contribution is 5.97. The molecule has 0 radical (unpaired) electrons. The van der Waals surface area contributed by atoms with E-state index in [9.17, 15) is 33.6 Å². The molecule has 0 aromatic heterocycles. The fourth-order valence-corrected chi connectivity index (χ4v) is 7.08. The second kappa shape index (κ2) is 21.3. The van der Waals surface area contributed by atoms with Crippen LogP contribution in [0.5, 0.6) is 0 Å². The van der Waals surface area contributed by atoms with Crippen LogP contribution in [0.3, 0.4) is 0 Å². The molecule has 0 saturated carbocycles. The summed E-state index contributed by atoms with van der Waals surface area (Å²) >= 11 is 0. The maximum absolute atomic E-state index is 14.8. The van der Waals surface area contributed by atoms with Gasteiger partial charge in [-0.05, 0) is 50.2 Å². The van der Waals surface area contributed by atoms with Crippen LogP contribution in [0, 0.1) is 11.3 Å². The van der Waals surface area contributed by atoms with E-state index in [4.69, 9.17) is 4.74 Å². The molecule has 14 nitrogen and oxygen atoms in total. The number of carbonyl (C=O) groups is 7. The van der Waals surface area contributed by atoms with Gasteiger partial charge in [0.15, 0.2) is 0 Å². The van der Waals surface area contributed by atoms with Crippen LogP contribution in [0.4, 0.5) is 0 Å². The van der Waals surface area contributed by atoms with Crippen LogP contribution >= 0.6 is 0 Å². The van der Waals surface area contributed by atoms with Gasteiger partial charge in [0.1, 0.15) is 36.8 Å². The van der Waals surface area contributed by atoms with Gasteiger partial charge >= 0.3 is 11.9 Å². The predicted octanol–water partition coefficient (Wildman–Crippen LogP) is 3.30. The van der Waals surface area contributed by atoms with Crippen LogP contribution in [0.15, 0.2) is 60.7 Å². The van der Waals surface area contributed by atoms with Gasteiger partial charge in [0, 0.05) is 40.4 Å². The molecule has 1 aliphatic rings. The average Bonchev–Trinajstić information content (AvgIpc) is 3.69.